The van der Waals surface area contributed by atoms with Crippen LogP contribution in [0, 0.1) is 10.8 Å². The molecule has 84 valence electrons. The molecule has 0 unspecified atom stereocenters. The molecule has 0 aliphatic heterocycles. The van der Waals surface area contributed by atoms with Crippen LogP contribution in [0.15, 0.2) is 24.3 Å². The first kappa shape index (κ1) is 16.0. The van der Waals surface area contributed by atoms with E-state index in [0.717, 1.165) is 11.5 Å². The zero-order chi connectivity index (χ0) is 10.8. The highest BCUT2D eigenvalue weighted by molar-refractivity contribution is 5.85. The van der Waals surface area contributed by atoms with Gasteiger partial charge in [-0.2, -0.15) is 0 Å². The lowest BCUT2D eigenvalue weighted by Gasteiger charge is -2.09. The molecule has 0 spiro atoms. The number of hydrogen-bond donors (Lipinski definition) is 0. The average Bonchev–Trinajstić information content (AvgIpc) is 2.25. The molecule has 0 aliphatic carbocycles. The topological polar surface area (TPSA) is 66.0 Å². The van der Waals surface area contributed by atoms with Crippen LogP contribution < -0.4 is 9.47 Å². The lowest BCUT2D eigenvalue weighted by Crippen LogP contribution is -1.97. The van der Waals surface area contributed by atoms with E-state index in [4.69, 9.17) is 20.3 Å². The molecule has 1 aromatic carbocycles. The smallest absolute Gasteiger partial charge is 0.161 e. The molecule has 15 heavy (non-hydrogen) atoms. The minimum atomic E-state index is 0. The second kappa shape index (κ2) is 10.6. The van der Waals surface area contributed by atoms with Gasteiger partial charge >= 0.3 is 0 Å². The van der Waals surface area contributed by atoms with Crippen molar-refractivity contribution in [2.75, 3.05) is 13.2 Å². The van der Waals surface area contributed by atoms with Crippen LogP contribution in [-0.4, -0.2) is 13.2 Å². The van der Waals surface area contributed by atoms with Crippen molar-refractivity contribution in [2.24, 2.45) is 0 Å². The molecule has 0 N–H and O–H groups in total. The van der Waals surface area contributed by atoms with E-state index in [2.05, 4.69) is 0 Å². The molecular weight excluding hydrogens is 216 g/mol. The summed E-state index contributed by atoms with van der Waals surface area (Å²) in [7, 11) is 0. The Morgan fingerprint density at radius 2 is 1.27 bits per heavy atom. The van der Waals surface area contributed by atoms with E-state index in [9.17, 15) is 0 Å². The lowest BCUT2D eigenvalue weighted by molar-refractivity contribution is 0.288. The van der Waals surface area contributed by atoms with Gasteiger partial charge in [0.2, 0.25) is 0 Å². The van der Waals surface area contributed by atoms with E-state index < -0.39 is 0 Å². The van der Waals surface area contributed by atoms with E-state index in [1.165, 1.54) is 0 Å². The summed E-state index contributed by atoms with van der Waals surface area (Å²) in [6.45, 7) is 5.26. The number of para-hydroxylation sites is 2. The zero-order valence-corrected chi connectivity index (χ0v) is 9.66. The molecule has 0 aromatic heterocycles. The Morgan fingerprint density at radius 3 is 1.53 bits per heavy atom. The van der Waals surface area contributed by atoms with Crippen LogP contribution in [0.2, 0.25) is 0 Å². The van der Waals surface area contributed by atoms with Crippen LogP contribution in [0.4, 0.5) is 0 Å². The van der Waals surface area contributed by atoms with E-state index in [1.54, 1.807) is 0 Å². The van der Waals surface area contributed by atoms with Gasteiger partial charge in [0.15, 0.2) is 11.5 Å². The Labute approximate surface area is 96.0 Å². The minimum Gasteiger partial charge on any atom is -0.490 e. The van der Waals surface area contributed by atoms with Gasteiger partial charge in [-0.05, 0) is 26.0 Å². The molecule has 0 saturated carbocycles. The van der Waals surface area contributed by atoms with Crippen molar-refractivity contribution >= 4 is 12.4 Å². The van der Waals surface area contributed by atoms with Crippen LogP contribution in [0.25, 0.3) is 0 Å². The quantitative estimate of drug-likeness (QED) is 0.746. The molecule has 0 bridgehead atoms. The Balaban J connectivity index is 0. The third kappa shape index (κ3) is 5.76. The molecule has 1 rings (SSSR count). The van der Waals surface area contributed by atoms with Crippen LogP contribution in [0.1, 0.15) is 13.8 Å². The average molecular weight is 231 g/mol. The van der Waals surface area contributed by atoms with Gasteiger partial charge in [-0.3, -0.25) is 0 Å². The second-order valence-corrected chi connectivity index (χ2v) is 2.31. The maximum absolute atomic E-state index is 6.00. The SMILES string of the molecule is CCOc1ccccc1OCC.Cl.N#N. The van der Waals surface area contributed by atoms with Crippen molar-refractivity contribution in [1.29, 1.82) is 10.8 Å². The van der Waals surface area contributed by atoms with Gasteiger partial charge in [0.25, 0.3) is 0 Å². The minimum absolute atomic E-state index is 0. The maximum Gasteiger partial charge on any atom is 0.161 e. The van der Waals surface area contributed by atoms with Crippen LogP contribution in [-0.2, 0) is 0 Å². The highest BCUT2D eigenvalue weighted by atomic mass is 35.5. The van der Waals surface area contributed by atoms with Crippen LogP contribution >= 0.6 is 12.4 Å². The summed E-state index contributed by atoms with van der Waals surface area (Å²) in [4.78, 5) is 0. The lowest BCUT2D eigenvalue weighted by atomic mass is 10.3. The first-order chi connectivity index (χ1) is 6.88. The van der Waals surface area contributed by atoms with Gasteiger partial charge in [-0.25, -0.2) is 0 Å². The molecule has 4 nitrogen and oxygen atoms in total. The number of hydrogen-bond acceptors (Lipinski definition) is 4. The summed E-state index contributed by atoms with van der Waals surface area (Å²) in [5.74, 6) is 1.64. The summed E-state index contributed by atoms with van der Waals surface area (Å²) < 4.78 is 10.7. The standard InChI is InChI=1S/C10H14O2.ClH.N2/c1-3-11-9-7-5-6-8-10(9)12-4-2;;1-2/h5-8H,3-4H2,1-2H3;1H;. The predicted octanol–water partition coefficient (Wildman–Crippen LogP) is 2.94. The number of rotatable bonds is 4. The van der Waals surface area contributed by atoms with Crippen molar-refractivity contribution in [2.45, 2.75) is 13.8 Å². The van der Waals surface area contributed by atoms with Gasteiger partial charge < -0.3 is 9.47 Å². The maximum atomic E-state index is 6.00. The predicted molar refractivity (Wildman–Crippen MR) is 59.5 cm³/mol. The number of nitrogens with zero attached hydrogens (tertiary/aromatic N) is 2. The van der Waals surface area contributed by atoms with E-state index in [1.807, 2.05) is 38.1 Å². The highest BCUT2D eigenvalue weighted by Crippen LogP contribution is 2.25. The first-order valence-corrected chi connectivity index (χ1v) is 4.43. The Hall–Kier alpha value is -1.47. The summed E-state index contributed by atoms with van der Waals surface area (Å²) in [5.41, 5.74) is 0. The van der Waals surface area contributed by atoms with Gasteiger partial charge in [0.1, 0.15) is 0 Å². The van der Waals surface area contributed by atoms with Crippen molar-refractivity contribution in [3.05, 3.63) is 24.3 Å². The first-order valence-electron chi connectivity index (χ1n) is 4.43. The molecule has 0 radical (unpaired) electrons. The van der Waals surface area contributed by atoms with Gasteiger partial charge in [-0.15, -0.1) is 12.4 Å². The number of ether oxygens (including phenoxy) is 2. The number of benzene rings is 1. The van der Waals surface area contributed by atoms with Gasteiger partial charge in [0, 0.05) is 10.8 Å². The van der Waals surface area contributed by atoms with Crippen molar-refractivity contribution in [3.8, 4) is 11.5 Å². The monoisotopic (exact) mass is 230 g/mol. The third-order valence-corrected chi connectivity index (χ3v) is 1.45. The molecule has 0 heterocycles. The molecule has 0 saturated heterocycles. The highest BCUT2D eigenvalue weighted by Gasteiger charge is 2.00. The van der Waals surface area contributed by atoms with E-state index >= 15 is 0 Å². The summed E-state index contributed by atoms with van der Waals surface area (Å²) in [6.07, 6.45) is 0. The van der Waals surface area contributed by atoms with Crippen molar-refractivity contribution in [3.63, 3.8) is 0 Å². The molecule has 0 atom stereocenters. The summed E-state index contributed by atoms with van der Waals surface area (Å²) in [6, 6.07) is 7.70. The molecule has 0 amide bonds. The third-order valence-electron chi connectivity index (χ3n) is 1.45. The Bertz CT molecular complexity index is 254. The van der Waals surface area contributed by atoms with E-state index in [0.29, 0.717) is 13.2 Å². The fraction of sp³-hybridized carbons (Fsp3) is 0.400. The summed E-state index contributed by atoms with van der Waals surface area (Å²) >= 11 is 0. The Kier molecular flexibility index (Phi) is 11.3. The zero-order valence-electron chi connectivity index (χ0n) is 8.84. The molecule has 0 aliphatic rings. The van der Waals surface area contributed by atoms with Crippen LogP contribution in [0.5, 0.6) is 11.5 Å². The van der Waals surface area contributed by atoms with Gasteiger partial charge in [-0.1, -0.05) is 12.1 Å². The van der Waals surface area contributed by atoms with Crippen molar-refractivity contribution < 1.29 is 9.47 Å². The second-order valence-electron chi connectivity index (χ2n) is 2.31. The fourth-order valence-corrected chi connectivity index (χ4v) is 1.000. The molecular formula is C10H15ClN2O2. The van der Waals surface area contributed by atoms with Crippen LogP contribution in [0.3, 0.4) is 0 Å². The number of halogens is 1. The van der Waals surface area contributed by atoms with Crippen molar-refractivity contribution in [1.82, 2.24) is 0 Å². The normalized spacial score (nSPS) is 7.73. The Morgan fingerprint density at radius 1 is 0.933 bits per heavy atom. The molecule has 5 heteroatoms. The van der Waals surface area contributed by atoms with E-state index in [-0.39, 0.29) is 12.4 Å². The largest absolute Gasteiger partial charge is 0.490 e. The summed E-state index contributed by atoms with van der Waals surface area (Å²) in [5, 5.41) is 12.0. The van der Waals surface area contributed by atoms with Gasteiger partial charge in [0.05, 0.1) is 13.2 Å². The fourth-order valence-electron chi connectivity index (χ4n) is 1.000. The molecule has 1 aromatic rings. The molecule has 0 fully saturated rings.